The maximum Gasteiger partial charge on any atom is 0.459 e. The van der Waals surface area contributed by atoms with Crippen LogP contribution >= 0.6 is 7.75 Å². The summed E-state index contributed by atoms with van der Waals surface area (Å²) in [5.41, 5.74) is -4.46. The third-order valence-electron chi connectivity index (χ3n) is 5.60. The summed E-state index contributed by atoms with van der Waals surface area (Å²) >= 11 is 0. The topological polar surface area (TPSA) is 178 Å². The van der Waals surface area contributed by atoms with E-state index >= 15 is 0 Å². The molecule has 1 aliphatic rings. The van der Waals surface area contributed by atoms with Gasteiger partial charge in [-0.15, -0.1) is 0 Å². The molecule has 204 valence electrons. The SMILES string of the molecule is [2H]c1c([2H])n([C@@H]2O[C@H](COP(=O)(NC(CC(C)C)C(=O)OC)Oc3ccccc3)[C@@H](O)[C@@]2(C)O)c(=O)[nH]c1=O. The summed E-state index contributed by atoms with van der Waals surface area (Å²) in [5, 5.41) is 24.3. The quantitative estimate of drug-likeness (QED) is 0.234. The van der Waals surface area contributed by atoms with Gasteiger partial charge in [0.25, 0.3) is 5.56 Å². The average Bonchev–Trinajstić information content (AvgIpc) is 3.09. The summed E-state index contributed by atoms with van der Waals surface area (Å²) in [6.07, 6.45) is -5.51. The average molecular weight is 544 g/mol. The van der Waals surface area contributed by atoms with Crippen LogP contribution in [0, 0.1) is 5.92 Å². The van der Waals surface area contributed by atoms with Crippen molar-refractivity contribution in [3.05, 3.63) is 63.4 Å². The van der Waals surface area contributed by atoms with E-state index in [9.17, 15) is 29.2 Å². The van der Waals surface area contributed by atoms with Crippen molar-refractivity contribution in [2.24, 2.45) is 5.92 Å². The van der Waals surface area contributed by atoms with E-state index in [1.807, 2.05) is 18.8 Å². The number of H-pyrrole nitrogens is 1. The van der Waals surface area contributed by atoms with Gasteiger partial charge in [-0.25, -0.2) is 9.36 Å². The van der Waals surface area contributed by atoms with E-state index in [1.165, 1.54) is 19.2 Å². The highest BCUT2D eigenvalue weighted by Gasteiger charge is 2.54. The molecule has 6 atom stereocenters. The Balaban J connectivity index is 1.89. The smallest absolute Gasteiger partial charge is 0.459 e. The molecule has 1 fully saturated rings. The normalized spacial score (nSPS) is 26.7. The van der Waals surface area contributed by atoms with E-state index < -0.39 is 73.9 Å². The lowest BCUT2D eigenvalue weighted by Gasteiger charge is -2.27. The number of esters is 1. The molecule has 2 unspecified atom stereocenters. The molecule has 2 heterocycles. The fourth-order valence-corrected chi connectivity index (χ4v) is 5.27. The van der Waals surface area contributed by atoms with Crippen molar-refractivity contribution in [2.75, 3.05) is 13.7 Å². The number of rotatable bonds is 11. The summed E-state index contributed by atoms with van der Waals surface area (Å²) in [6, 6.07) is 6.02. The second-order valence-corrected chi connectivity index (χ2v) is 10.8. The highest BCUT2D eigenvalue weighted by atomic mass is 31.2. The molecular weight excluding hydrogens is 509 g/mol. The van der Waals surface area contributed by atoms with Crippen LogP contribution < -0.4 is 20.9 Å². The first kappa shape index (κ1) is 25.8. The largest absolute Gasteiger partial charge is 0.468 e. The molecule has 1 aromatic carbocycles. The monoisotopic (exact) mass is 543 g/mol. The van der Waals surface area contributed by atoms with Crippen LogP contribution in [0.25, 0.3) is 0 Å². The van der Waals surface area contributed by atoms with Gasteiger partial charge in [-0.1, -0.05) is 32.0 Å². The van der Waals surface area contributed by atoms with Crippen molar-refractivity contribution in [3.8, 4) is 5.75 Å². The molecule has 0 radical (unpaired) electrons. The van der Waals surface area contributed by atoms with Crippen LogP contribution in [0.15, 0.2) is 52.1 Å². The molecule has 0 amide bonds. The van der Waals surface area contributed by atoms with E-state index in [0.29, 0.717) is 4.57 Å². The van der Waals surface area contributed by atoms with Crippen LogP contribution in [0.2, 0.25) is 0 Å². The number of aromatic nitrogens is 2. The van der Waals surface area contributed by atoms with Crippen LogP contribution in [-0.2, 0) is 23.4 Å². The zero-order chi connectivity index (χ0) is 29.1. The number of carbonyl (C=O) groups excluding carboxylic acids is 1. The molecule has 0 saturated carbocycles. The van der Waals surface area contributed by atoms with Gasteiger partial charge in [-0.3, -0.25) is 23.7 Å². The lowest BCUT2D eigenvalue weighted by Crippen LogP contribution is -2.47. The third kappa shape index (κ3) is 6.95. The lowest BCUT2D eigenvalue weighted by molar-refractivity contribution is -0.143. The molecule has 37 heavy (non-hydrogen) atoms. The number of ether oxygens (including phenoxy) is 2. The van der Waals surface area contributed by atoms with E-state index in [0.717, 1.165) is 6.92 Å². The number of hydrogen-bond acceptors (Lipinski definition) is 10. The van der Waals surface area contributed by atoms with Crippen LogP contribution in [-0.4, -0.2) is 63.3 Å². The van der Waals surface area contributed by atoms with Crippen molar-refractivity contribution in [2.45, 2.75) is 57.3 Å². The predicted octanol–water partition coefficient (Wildman–Crippen LogP) is 0.927. The van der Waals surface area contributed by atoms with Crippen molar-refractivity contribution in [1.29, 1.82) is 0 Å². The Hall–Kier alpha value is -2.80. The molecule has 3 rings (SSSR count). The second kappa shape index (κ2) is 11.7. The molecule has 2 aromatic rings. The maximum atomic E-state index is 13.8. The van der Waals surface area contributed by atoms with E-state index in [1.54, 1.807) is 18.2 Å². The summed E-state index contributed by atoms with van der Waals surface area (Å²) in [7, 11) is -3.20. The minimum absolute atomic E-state index is 0.0146. The van der Waals surface area contributed by atoms with E-state index in [4.69, 9.17) is 21.3 Å². The van der Waals surface area contributed by atoms with Crippen LogP contribution in [0.4, 0.5) is 0 Å². The van der Waals surface area contributed by atoms with Gasteiger partial charge in [-0.05, 0) is 31.4 Å². The molecule has 1 aromatic heterocycles. The zero-order valence-electron chi connectivity index (χ0n) is 22.7. The van der Waals surface area contributed by atoms with Crippen molar-refractivity contribution in [1.82, 2.24) is 14.6 Å². The Morgan fingerprint density at radius 3 is 2.65 bits per heavy atom. The molecule has 0 bridgehead atoms. The molecular formula is C23H32N3O10P. The third-order valence-corrected chi connectivity index (χ3v) is 7.17. The van der Waals surface area contributed by atoms with Gasteiger partial charge < -0.3 is 24.2 Å². The van der Waals surface area contributed by atoms with Crippen molar-refractivity contribution < 1.29 is 40.8 Å². The zero-order valence-corrected chi connectivity index (χ0v) is 21.6. The van der Waals surface area contributed by atoms with Crippen LogP contribution in [0.1, 0.15) is 36.2 Å². The Labute approximate surface area is 215 Å². The number of aromatic amines is 1. The fourth-order valence-electron chi connectivity index (χ4n) is 3.76. The van der Waals surface area contributed by atoms with Gasteiger partial charge in [0.05, 0.1) is 16.5 Å². The Bertz CT molecular complexity index is 1330. The number of aliphatic hydroxyl groups excluding tert-OH is 1. The number of methoxy groups -OCH3 is 1. The summed E-state index contributed by atoms with van der Waals surface area (Å²) in [4.78, 5) is 38.3. The summed E-state index contributed by atoms with van der Waals surface area (Å²) in [6.45, 7) is 4.14. The Morgan fingerprint density at radius 1 is 1.35 bits per heavy atom. The van der Waals surface area contributed by atoms with Gasteiger partial charge in [-0.2, -0.15) is 5.09 Å². The molecule has 1 aliphatic heterocycles. The summed E-state index contributed by atoms with van der Waals surface area (Å²) < 4.78 is 51.7. The number of para-hydroxylation sites is 1. The van der Waals surface area contributed by atoms with Gasteiger partial charge in [0.2, 0.25) is 0 Å². The fraction of sp³-hybridized carbons (Fsp3) is 0.522. The first-order valence-corrected chi connectivity index (χ1v) is 13.0. The molecule has 4 N–H and O–H groups in total. The summed E-state index contributed by atoms with van der Waals surface area (Å²) in [5.74, 6) is -0.587. The first-order chi connectivity index (χ1) is 18.2. The molecule has 0 aliphatic carbocycles. The predicted molar refractivity (Wildman–Crippen MR) is 131 cm³/mol. The standard InChI is InChI=1S/C23H32N3O10P/c1-14(2)12-16(20(29)33-4)25-37(32,36-15-8-6-5-7-9-15)34-13-17-19(28)23(3,31)21(35-17)26-11-10-18(27)24-22(26)30/h5-11,14,16-17,19,21,28,31H,12-13H2,1-4H3,(H,25,32)(H,24,27,30)/t16?,17-,19-,21-,23-,37?/m1/s1/i10D,11D. The number of benzene rings is 1. The minimum Gasteiger partial charge on any atom is -0.468 e. The van der Waals surface area contributed by atoms with Gasteiger partial charge in [0, 0.05) is 12.2 Å². The van der Waals surface area contributed by atoms with Crippen LogP contribution in [0.5, 0.6) is 5.75 Å². The van der Waals surface area contributed by atoms with E-state index in [-0.39, 0.29) is 18.1 Å². The molecule has 14 heteroatoms. The van der Waals surface area contributed by atoms with Crippen molar-refractivity contribution in [3.63, 3.8) is 0 Å². The molecule has 1 saturated heterocycles. The number of hydrogen-bond donors (Lipinski definition) is 4. The minimum atomic E-state index is -4.37. The lowest BCUT2D eigenvalue weighted by atomic mass is 9.96. The maximum absolute atomic E-state index is 13.8. The van der Waals surface area contributed by atoms with Crippen molar-refractivity contribution >= 4 is 13.7 Å². The van der Waals surface area contributed by atoms with Gasteiger partial charge >= 0.3 is 19.4 Å². The van der Waals surface area contributed by atoms with E-state index in [2.05, 4.69) is 5.09 Å². The molecule has 13 nitrogen and oxygen atoms in total. The highest BCUT2D eigenvalue weighted by molar-refractivity contribution is 7.52. The number of carbonyl (C=O) groups is 1. The number of aliphatic hydroxyl groups is 2. The van der Waals surface area contributed by atoms with Gasteiger partial charge in [0.15, 0.2) is 6.23 Å². The number of nitrogens with zero attached hydrogens (tertiary/aromatic N) is 1. The number of nitrogens with one attached hydrogen (secondary N) is 2. The molecule has 0 spiro atoms. The first-order valence-electron chi connectivity index (χ1n) is 12.4. The Morgan fingerprint density at radius 2 is 2.03 bits per heavy atom. The van der Waals surface area contributed by atoms with Gasteiger partial charge in [0.1, 0.15) is 29.6 Å². The Kier molecular flexibility index (Phi) is 8.18. The highest BCUT2D eigenvalue weighted by Crippen LogP contribution is 2.47. The van der Waals surface area contributed by atoms with Crippen LogP contribution in [0.3, 0.4) is 0 Å². The second-order valence-electron chi connectivity index (χ2n) is 9.10.